The summed E-state index contributed by atoms with van der Waals surface area (Å²) >= 11 is 0. The van der Waals surface area contributed by atoms with Crippen LogP contribution in [0.25, 0.3) is 0 Å². The summed E-state index contributed by atoms with van der Waals surface area (Å²) in [5.74, 6) is 2.49. The molecule has 0 unspecified atom stereocenters. The number of hydrogen-bond donors (Lipinski definition) is 3. The highest BCUT2D eigenvalue weighted by molar-refractivity contribution is 14.0. The van der Waals surface area contributed by atoms with Crippen molar-refractivity contribution in [2.75, 3.05) is 26.3 Å². The third kappa shape index (κ3) is 6.33. The van der Waals surface area contributed by atoms with Gasteiger partial charge in [-0.25, -0.2) is 4.99 Å². The zero-order valence-electron chi connectivity index (χ0n) is 15.0. The highest BCUT2D eigenvalue weighted by Gasteiger charge is 2.41. The second-order valence-electron chi connectivity index (χ2n) is 7.07. The van der Waals surface area contributed by atoms with Gasteiger partial charge in [-0.2, -0.15) is 0 Å². The molecule has 0 bridgehead atoms. The molecule has 6 heteroatoms. The molecule has 1 aromatic carbocycles. The number of hydrogen-bond acceptors (Lipinski definition) is 3. The highest BCUT2D eigenvalue weighted by Crippen LogP contribution is 2.44. The van der Waals surface area contributed by atoms with E-state index in [2.05, 4.69) is 28.6 Å². The minimum absolute atomic E-state index is 0. The van der Waals surface area contributed by atoms with Gasteiger partial charge in [0.1, 0.15) is 5.75 Å². The maximum atomic E-state index is 9.44. The van der Waals surface area contributed by atoms with Gasteiger partial charge in [0.15, 0.2) is 5.96 Å². The normalized spacial score (nSPS) is 18.2. The molecular weight excluding hydrogens is 429 g/mol. The molecule has 0 heterocycles. The number of aliphatic hydroxyl groups is 1. The van der Waals surface area contributed by atoms with Gasteiger partial charge in [-0.15, -0.1) is 24.0 Å². The lowest BCUT2D eigenvalue weighted by molar-refractivity contribution is 0.212. The Morgan fingerprint density at radius 3 is 2.68 bits per heavy atom. The van der Waals surface area contributed by atoms with Gasteiger partial charge >= 0.3 is 0 Å². The van der Waals surface area contributed by atoms with Crippen LogP contribution in [0.2, 0.25) is 0 Å². The maximum Gasteiger partial charge on any atom is 0.191 e. The fraction of sp³-hybridized carbons (Fsp3) is 0.632. The molecule has 2 aliphatic rings. The number of guanidine groups is 1. The minimum atomic E-state index is 0. The summed E-state index contributed by atoms with van der Waals surface area (Å²) < 4.78 is 5.95. The van der Waals surface area contributed by atoms with Crippen LogP contribution in [0.4, 0.5) is 0 Å². The van der Waals surface area contributed by atoms with E-state index in [9.17, 15) is 5.11 Å². The van der Waals surface area contributed by atoms with Crippen LogP contribution in [-0.4, -0.2) is 37.4 Å². The summed E-state index contributed by atoms with van der Waals surface area (Å²) in [4.78, 5) is 4.69. The van der Waals surface area contributed by atoms with Crippen LogP contribution >= 0.6 is 24.0 Å². The fourth-order valence-electron chi connectivity index (χ4n) is 2.61. The van der Waals surface area contributed by atoms with E-state index >= 15 is 0 Å². The second kappa shape index (κ2) is 9.62. The Morgan fingerprint density at radius 2 is 2.04 bits per heavy atom. The number of halogens is 1. The number of benzene rings is 1. The van der Waals surface area contributed by atoms with Gasteiger partial charge in [0, 0.05) is 24.1 Å². The fourth-order valence-corrected chi connectivity index (χ4v) is 2.61. The molecule has 0 aliphatic heterocycles. The molecule has 0 spiro atoms. The molecule has 0 amide bonds. The molecule has 2 fully saturated rings. The standard InChI is InChI=1S/C19H29N3O2.HI/c1-2-20-18(22-13-19(14-23)9-10-19)21-11-16-5-3-4-6-17(16)24-12-15-7-8-15;/h3-6,15,23H,2,7-14H2,1H3,(H2,20,21,22);1H. The van der Waals surface area contributed by atoms with Gasteiger partial charge in [0.05, 0.1) is 19.8 Å². The summed E-state index contributed by atoms with van der Waals surface area (Å²) in [6.45, 7) is 5.30. The number of ether oxygens (including phenoxy) is 1. The molecule has 5 nitrogen and oxygen atoms in total. The lowest BCUT2D eigenvalue weighted by Crippen LogP contribution is -2.41. The van der Waals surface area contributed by atoms with Gasteiger partial charge < -0.3 is 20.5 Å². The zero-order valence-corrected chi connectivity index (χ0v) is 17.3. The highest BCUT2D eigenvalue weighted by atomic mass is 127. The van der Waals surface area contributed by atoms with E-state index in [-0.39, 0.29) is 36.0 Å². The van der Waals surface area contributed by atoms with Gasteiger partial charge in [0.2, 0.25) is 0 Å². The minimum Gasteiger partial charge on any atom is -0.493 e. The van der Waals surface area contributed by atoms with Gasteiger partial charge in [-0.05, 0) is 44.6 Å². The van der Waals surface area contributed by atoms with Crippen LogP contribution in [0.15, 0.2) is 29.3 Å². The molecule has 0 atom stereocenters. The zero-order chi connectivity index (χ0) is 16.8. The first-order chi connectivity index (χ1) is 11.7. The number of aliphatic hydroxyl groups excluding tert-OH is 1. The van der Waals surface area contributed by atoms with E-state index in [1.54, 1.807) is 0 Å². The van der Waals surface area contributed by atoms with Gasteiger partial charge in [0.25, 0.3) is 0 Å². The predicted molar refractivity (Wildman–Crippen MR) is 112 cm³/mol. The maximum absolute atomic E-state index is 9.44. The molecule has 0 radical (unpaired) electrons. The first kappa shape index (κ1) is 20.3. The lowest BCUT2D eigenvalue weighted by atomic mass is 10.1. The lowest BCUT2D eigenvalue weighted by Gasteiger charge is -2.16. The Kier molecular flexibility index (Phi) is 7.81. The first-order valence-corrected chi connectivity index (χ1v) is 9.08. The van der Waals surface area contributed by atoms with Crippen LogP contribution in [-0.2, 0) is 6.54 Å². The number of para-hydroxylation sites is 1. The van der Waals surface area contributed by atoms with Crippen molar-refractivity contribution in [1.82, 2.24) is 10.6 Å². The number of nitrogens with one attached hydrogen (secondary N) is 2. The Labute approximate surface area is 167 Å². The van der Waals surface area contributed by atoms with Crippen molar-refractivity contribution in [3.8, 4) is 5.75 Å². The first-order valence-electron chi connectivity index (χ1n) is 9.08. The molecule has 0 saturated heterocycles. The van der Waals surface area contributed by atoms with Crippen molar-refractivity contribution >= 4 is 29.9 Å². The van der Waals surface area contributed by atoms with E-state index in [4.69, 9.17) is 4.74 Å². The average Bonchev–Trinajstić information content (AvgIpc) is 3.52. The van der Waals surface area contributed by atoms with Crippen LogP contribution in [0.5, 0.6) is 5.75 Å². The summed E-state index contributed by atoms with van der Waals surface area (Å²) in [5.41, 5.74) is 1.18. The molecular formula is C19H30IN3O2. The smallest absolute Gasteiger partial charge is 0.191 e. The molecule has 140 valence electrons. The Bertz CT molecular complexity index is 572. The van der Waals surface area contributed by atoms with Crippen molar-refractivity contribution in [3.05, 3.63) is 29.8 Å². The van der Waals surface area contributed by atoms with E-state index in [1.165, 1.54) is 12.8 Å². The third-order valence-electron chi connectivity index (χ3n) is 4.82. The Morgan fingerprint density at radius 1 is 1.28 bits per heavy atom. The quantitative estimate of drug-likeness (QED) is 0.302. The summed E-state index contributed by atoms with van der Waals surface area (Å²) in [6.07, 6.45) is 4.77. The van der Waals surface area contributed by atoms with Crippen LogP contribution < -0.4 is 15.4 Å². The van der Waals surface area contributed by atoms with Crippen molar-refractivity contribution in [2.24, 2.45) is 16.3 Å². The van der Waals surface area contributed by atoms with E-state index in [0.29, 0.717) is 6.54 Å². The molecule has 2 aliphatic carbocycles. The monoisotopic (exact) mass is 459 g/mol. The molecule has 3 rings (SSSR count). The molecule has 2 saturated carbocycles. The van der Waals surface area contributed by atoms with Crippen molar-refractivity contribution in [1.29, 1.82) is 0 Å². The van der Waals surface area contributed by atoms with Crippen LogP contribution in [0.3, 0.4) is 0 Å². The van der Waals surface area contributed by atoms with E-state index in [1.807, 2.05) is 18.2 Å². The Balaban J connectivity index is 0.00000225. The van der Waals surface area contributed by atoms with Crippen molar-refractivity contribution < 1.29 is 9.84 Å². The number of aliphatic imine (C=N–C) groups is 1. The summed E-state index contributed by atoms with van der Waals surface area (Å²) in [6, 6.07) is 8.14. The van der Waals surface area contributed by atoms with Crippen molar-refractivity contribution in [3.63, 3.8) is 0 Å². The Hall–Kier alpha value is -1.02. The largest absolute Gasteiger partial charge is 0.493 e. The molecule has 25 heavy (non-hydrogen) atoms. The molecule has 1 aromatic rings. The number of nitrogens with zero attached hydrogens (tertiary/aromatic N) is 1. The SMILES string of the molecule is CCNC(=NCc1ccccc1OCC1CC1)NCC1(CO)CC1.I. The van der Waals surface area contributed by atoms with Crippen LogP contribution in [0.1, 0.15) is 38.2 Å². The summed E-state index contributed by atoms with van der Waals surface area (Å²) in [5, 5.41) is 16.1. The topological polar surface area (TPSA) is 65.9 Å². The third-order valence-corrected chi connectivity index (χ3v) is 4.82. The average molecular weight is 459 g/mol. The molecule has 0 aromatic heterocycles. The summed E-state index contributed by atoms with van der Waals surface area (Å²) in [7, 11) is 0. The van der Waals surface area contributed by atoms with Gasteiger partial charge in [-0.1, -0.05) is 18.2 Å². The van der Waals surface area contributed by atoms with E-state index < -0.39 is 0 Å². The number of rotatable bonds is 9. The van der Waals surface area contributed by atoms with Gasteiger partial charge in [-0.3, -0.25) is 0 Å². The predicted octanol–water partition coefficient (Wildman–Crippen LogP) is 2.92. The van der Waals surface area contributed by atoms with E-state index in [0.717, 1.165) is 55.7 Å². The molecule has 3 N–H and O–H groups in total. The van der Waals surface area contributed by atoms with Crippen LogP contribution in [0, 0.1) is 11.3 Å². The van der Waals surface area contributed by atoms with Crippen molar-refractivity contribution in [2.45, 2.75) is 39.2 Å². The second-order valence-corrected chi connectivity index (χ2v) is 7.07.